The smallest absolute Gasteiger partial charge is 0.238 e. The molecule has 0 saturated heterocycles. The number of hydrogen-bond acceptors (Lipinski definition) is 3. The second-order valence-corrected chi connectivity index (χ2v) is 7.65. The van der Waals surface area contributed by atoms with Gasteiger partial charge in [0, 0.05) is 12.2 Å². The highest BCUT2D eigenvalue weighted by Gasteiger charge is 2.36. The van der Waals surface area contributed by atoms with E-state index in [2.05, 4.69) is 0 Å². The first-order chi connectivity index (χ1) is 9.09. The lowest BCUT2D eigenvalue weighted by atomic mass is 10.0. The lowest BCUT2D eigenvalue weighted by Crippen LogP contribution is -2.38. The van der Waals surface area contributed by atoms with Crippen molar-refractivity contribution >= 4 is 21.4 Å². The molecular weight excluding hydrogens is 260 g/mol. The standard InChI is InChI=1S/C14H20N2O2S/c15-12-6-7-14-11(10-12)8-9-16(14)19(17,18)13-4-2-1-3-5-13/h6-7,10,13H,1-5,8-9,15H2. The quantitative estimate of drug-likeness (QED) is 0.845. The molecule has 4 nitrogen and oxygen atoms in total. The molecule has 104 valence electrons. The first-order valence-corrected chi connectivity index (χ1v) is 8.49. The molecule has 0 radical (unpaired) electrons. The molecule has 0 aromatic heterocycles. The third-order valence-electron chi connectivity index (χ3n) is 4.24. The number of sulfonamides is 1. The van der Waals surface area contributed by atoms with Crippen LogP contribution in [0.5, 0.6) is 0 Å². The first-order valence-electron chi connectivity index (χ1n) is 6.99. The van der Waals surface area contributed by atoms with E-state index in [1.54, 1.807) is 10.4 Å². The number of hydrogen-bond donors (Lipinski definition) is 1. The Bertz CT molecular complexity index is 577. The minimum Gasteiger partial charge on any atom is -0.399 e. The SMILES string of the molecule is Nc1ccc2c(c1)CCN2S(=O)(=O)C1CCCCC1. The number of fused-ring (bicyclic) bond motifs is 1. The molecule has 0 atom stereocenters. The summed E-state index contributed by atoms with van der Waals surface area (Å²) in [6.07, 6.45) is 5.62. The monoisotopic (exact) mass is 280 g/mol. The van der Waals surface area contributed by atoms with Crippen LogP contribution < -0.4 is 10.0 Å². The predicted molar refractivity (Wildman–Crippen MR) is 77.7 cm³/mol. The van der Waals surface area contributed by atoms with Gasteiger partial charge in [0.1, 0.15) is 0 Å². The fraction of sp³-hybridized carbons (Fsp3) is 0.571. The van der Waals surface area contributed by atoms with Crippen molar-refractivity contribution in [3.05, 3.63) is 23.8 Å². The zero-order chi connectivity index (χ0) is 13.5. The van der Waals surface area contributed by atoms with Crippen LogP contribution in [0.3, 0.4) is 0 Å². The molecule has 1 aromatic rings. The minimum atomic E-state index is -3.20. The summed E-state index contributed by atoms with van der Waals surface area (Å²) in [5.41, 5.74) is 8.35. The number of benzene rings is 1. The van der Waals surface area contributed by atoms with Crippen molar-refractivity contribution in [3.63, 3.8) is 0 Å². The van der Waals surface area contributed by atoms with Crippen molar-refractivity contribution in [2.24, 2.45) is 0 Å². The first kappa shape index (κ1) is 12.8. The molecule has 1 aromatic carbocycles. The second-order valence-electron chi connectivity index (χ2n) is 5.52. The maximum absolute atomic E-state index is 12.7. The van der Waals surface area contributed by atoms with Crippen molar-refractivity contribution < 1.29 is 8.42 Å². The Hall–Kier alpha value is -1.23. The number of nitrogens with zero attached hydrogens (tertiary/aromatic N) is 1. The fourth-order valence-electron chi connectivity index (χ4n) is 3.20. The van der Waals surface area contributed by atoms with E-state index in [1.807, 2.05) is 12.1 Å². The number of nitrogen functional groups attached to an aromatic ring is 1. The van der Waals surface area contributed by atoms with Gasteiger partial charge in [-0.2, -0.15) is 0 Å². The maximum Gasteiger partial charge on any atom is 0.238 e. The van der Waals surface area contributed by atoms with E-state index in [0.717, 1.165) is 43.4 Å². The maximum atomic E-state index is 12.7. The summed E-state index contributed by atoms with van der Waals surface area (Å²) in [7, 11) is -3.20. The minimum absolute atomic E-state index is 0.190. The van der Waals surface area contributed by atoms with E-state index in [-0.39, 0.29) is 5.25 Å². The summed E-state index contributed by atoms with van der Waals surface area (Å²) < 4.78 is 27.1. The molecule has 2 aliphatic rings. The van der Waals surface area contributed by atoms with Crippen LogP contribution in [0.2, 0.25) is 0 Å². The third kappa shape index (κ3) is 2.20. The van der Waals surface area contributed by atoms with Gasteiger partial charge in [-0.3, -0.25) is 4.31 Å². The molecule has 1 heterocycles. The molecule has 0 bridgehead atoms. The molecule has 1 saturated carbocycles. The Balaban J connectivity index is 1.92. The molecule has 19 heavy (non-hydrogen) atoms. The van der Waals surface area contributed by atoms with E-state index in [1.165, 1.54) is 6.42 Å². The summed E-state index contributed by atoms with van der Waals surface area (Å²) in [6.45, 7) is 0.567. The topological polar surface area (TPSA) is 63.4 Å². The molecule has 0 unspecified atom stereocenters. The second kappa shape index (κ2) is 4.71. The Labute approximate surface area is 114 Å². The lowest BCUT2D eigenvalue weighted by molar-refractivity contribution is 0.482. The number of nitrogens with two attached hydrogens (primary N) is 1. The highest BCUT2D eigenvalue weighted by Crippen LogP contribution is 2.35. The molecule has 1 fully saturated rings. The zero-order valence-electron chi connectivity index (χ0n) is 11.0. The molecule has 3 rings (SSSR count). The van der Waals surface area contributed by atoms with Crippen molar-refractivity contribution in [1.29, 1.82) is 0 Å². The summed E-state index contributed by atoms with van der Waals surface area (Å²) in [5, 5.41) is -0.190. The summed E-state index contributed by atoms with van der Waals surface area (Å²) in [4.78, 5) is 0. The highest BCUT2D eigenvalue weighted by atomic mass is 32.2. The van der Waals surface area contributed by atoms with Crippen LogP contribution in [0.25, 0.3) is 0 Å². The van der Waals surface area contributed by atoms with E-state index >= 15 is 0 Å². The van der Waals surface area contributed by atoms with Crippen LogP contribution in [-0.2, 0) is 16.4 Å². The van der Waals surface area contributed by atoms with Gasteiger partial charge in [0.2, 0.25) is 10.0 Å². The van der Waals surface area contributed by atoms with Gasteiger partial charge in [0.25, 0.3) is 0 Å². The van der Waals surface area contributed by atoms with Gasteiger partial charge in [-0.25, -0.2) is 8.42 Å². The Morgan fingerprint density at radius 2 is 1.89 bits per heavy atom. The van der Waals surface area contributed by atoms with Crippen LogP contribution in [0.1, 0.15) is 37.7 Å². The number of rotatable bonds is 2. The van der Waals surface area contributed by atoms with Gasteiger partial charge in [0.15, 0.2) is 0 Å². The van der Waals surface area contributed by atoms with E-state index in [9.17, 15) is 8.42 Å². The third-order valence-corrected chi connectivity index (χ3v) is 6.54. The van der Waals surface area contributed by atoms with E-state index in [0.29, 0.717) is 12.2 Å². The van der Waals surface area contributed by atoms with Crippen molar-refractivity contribution in [2.45, 2.75) is 43.8 Å². The Kier molecular flexibility index (Phi) is 3.17. The average Bonchev–Trinajstić information content (AvgIpc) is 2.83. The normalized spacial score (nSPS) is 20.5. The van der Waals surface area contributed by atoms with E-state index in [4.69, 9.17) is 5.73 Å². The largest absolute Gasteiger partial charge is 0.399 e. The van der Waals surface area contributed by atoms with Gasteiger partial charge < -0.3 is 5.73 Å². The molecule has 0 spiro atoms. The lowest BCUT2D eigenvalue weighted by Gasteiger charge is -2.28. The van der Waals surface area contributed by atoms with Gasteiger partial charge in [-0.1, -0.05) is 19.3 Å². The van der Waals surface area contributed by atoms with Crippen LogP contribution in [0, 0.1) is 0 Å². The van der Waals surface area contributed by atoms with Crippen LogP contribution >= 0.6 is 0 Å². The highest BCUT2D eigenvalue weighted by molar-refractivity contribution is 7.93. The van der Waals surface area contributed by atoms with E-state index < -0.39 is 10.0 Å². The molecule has 1 aliphatic carbocycles. The average molecular weight is 280 g/mol. The Morgan fingerprint density at radius 1 is 1.16 bits per heavy atom. The summed E-state index contributed by atoms with van der Waals surface area (Å²) in [6, 6.07) is 5.53. The van der Waals surface area contributed by atoms with Gasteiger partial charge in [-0.15, -0.1) is 0 Å². The molecular formula is C14H20N2O2S. The summed E-state index contributed by atoms with van der Waals surface area (Å²) >= 11 is 0. The molecule has 5 heteroatoms. The number of anilines is 2. The summed E-state index contributed by atoms with van der Waals surface area (Å²) in [5.74, 6) is 0. The molecule has 0 amide bonds. The van der Waals surface area contributed by atoms with Gasteiger partial charge in [0.05, 0.1) is 10.9 Å². The van der Waals surface area contributed by atoms with Crippen molar-refractivity contribution in [3.8, 4) is 0 Å². The van der Waals surface area contributed by atoms with Crippen molar-refractivity contribution in [1.82, 2.24) is 0 Å². The van der Waals surface area contributed by atoms with Crippen LogP contribution in [0.15, 0.2) is 18.2 Å². The fourth-order valence-corrected chi connectivity index (χ4v) is 5.29. The molecule has 2 N–H and O–H groups in total. The van der Waals surface area contributed by atoms with Gasteiger partial charge in [-0.05, 0) is 43.0 Å². The van der Waals surface area contributed by atoms with Gasteiger partial charge >= 0.3 is 0 Å². The van der Waals surface area contributed by atoms with Crippen LogP contribution in [0.4, 0.5) is 11.4 Å². The Morgan fingerprint density at radius 3 is 2.63 bits per heavy atom. The van der Waals surface area contributed by atoms with Crippen molar-refractivity contribution in [2.75, 3.05) is 16.6 Å². The predicted octanol–water partition coefficient (Wildman–Crippen LogP) is 2.29. The zero-order valence-corrected chi connectivity index (χ0v) is 11.8. The van der Waals surface area contributed by atoms with Crippen LogP contribution in [-0.4, -0.2) is 20.2 Å². The molecule has 1 aliphatic heterocycles.